The van der Waals surface area contributed by atoms with Crippen LogP contribution in [-0.2, 0) is 19.6 Å². The van der Waals surface area contributed by atoms with Crippen LogP contribution in [0, 0.1) is 5.92 Å². The molecule has 0 bridgehead atoms. The van der Waals surface area contributed by atoms with E-state index in [2.05, 4.69) is 0 Å². The standard InChI is InChI=1S/C18H25NO5S/c20-18(21)17(13-14-3-1-2-4-14)15-5-7-16(8-6-15)25(22,23)19-9-11-24-12-10-19/h5-8,14,17H,1-4,9-13H2,(H,20,21). The number of carboxylic acid groups (broad SMARTS) is 1. The van der Waals surface area contributed by atoms with Crippen molar-refractivity contribution < 1.29 is 23.1 Å². The van der Waals surface area contributed by atoms with Crippen LogP contribution in [0.2, 0.25) is 0 Å². The quantitative estimate of drug-likeness (QED) is 0.835. The molecular weight excluding hydrogens is 342 g/mol. The number of hydrogen-bond acceptors (Lipinski definition) is 4. The molecule has 0 aromatic heterocycles. The lowest BCUT2D eigenvalue weighted by Gasteiger charge is -2.26. The number of morpholine rings is 1. The monoisotopic (exact) mass is 367 g/mol. The summed E-state index contributed by atoms with van der Waals surface area (Å²) in [7, 11) is -3.54. The molecule has 1 saturated heterocycles. The van der Waals surface area contributed by atoms with Gasteiger partial charge in [0.15, 0.2) is 0 Å². The lowest BCUT2D eigenvalue weighted by atomic mass is 9.88. The van der Waals surface area contributed by atoms with E-state index in [4.69, 9.17) is 4.74 Å². The number of nitrogens with zero attached hydrogens (tertiary/aromatic N) is 1. The Balaban J connectivity index is 1.76. The van der Waals surface area contributed by atoms with Gasteiger partial charge in [0.1, 0.15) is 0 Å². The molecule has 1 aromatic carbocycles. The molecule has 1 aromatic rings. The summed E-state index contributed by atoms with van der Waals surface area (Å²) in [5.41, 5.74) is 0.681. The van der Waals surface area contributed by atoms with Crippen molar-refractivity contribution in [2.45, 2.75) is 42.9 Å². The van der Waals surface area contributed by atoms with Gasteiger partial charge in [0.2, 0.25) is 10.0 Å². The third kappa shape index (κ3) is 4.22. The van der Waals surface area contributed by atoms with Gasteiger partial charge in [-0.15, -0.1) is 0 Å². The fraction of sp³-hybridized carbons (Fsp3) is 0.611. The number of rotatable bonds is 6. The third-order valence-corrected chi connectivity index (χ3v) is 7.15. The average molecular weight is 367 g/mol. The van der Waals surface area contributed by atoms with Crippen LogP contribution in [0.1, 0.15) is 43.6 Å². The van der Waals surface area contributed by atoms with Crippen LogP contribution in [0.15, 0.2) is 29.2 Å². The molecule has 1 unspecified atom stereocenters. The second kappa shape index (κ2) is 7.85. The van der Waals surface area contributed by atoms with Crippen molar-refractivity contribution >= 4 is 16.0 Å². The average Bonchev–Trinajstić information content (AvgIpc) is 3.13. The first kappa shape index (κ1) is 18.4. The van der Waals surface area contributed by atoms with Crippen molar-refractivity contribution in [1.82, 2.24) is 4.31 Å². The number of aliphatic carboxylic acids is 1. The minimum absolute atomic E-state index is 0.211. The van der Waals surface area contributed by atoms with Crippen LogP contribution in [0.25, 0.3) is 0 Å². The molecule has 0 amide bonds. The van der Waals surface area contributed by atoms with E-state index in [0.29, 0.717) is 44.2 Å². The molecule has 1 aliphatic carbocycles. The molecule has 1 N–H and O–H groups in total. The lowest BCUT2D eigenvalue weighted by Crippen LogP contribution is -2.40. The minimum Gasteiger partial charge on any atom is -0.481 e. The number of benzene rings is 1. The normalized spacial score (nSPS) is 21.3. The van der Waals surface area contributed by atoms with Crippen molar-refractivity contribution in [3.05, 3.63) is 29.8 Å². The van der Waals surface area contributed by atoms with Gasteiger partial charge in [-0.2, -0.15) is 4.31 Å². The predicted octanol–water partition coefficient (Wildman–Crippen LogP) is 2.46. The number of carboxylic acids is 1. The van der Waals surface area contributed by atoms with E-state index in [1.165, 1.54) is 29.3 Å². The molecule has 0 radical (unpaired) electrons. The summed E-state index contributed by atoms with van der Waals surface area (Å²) >= 11 is 0. The summed E-state index contributed by atoms with van der Waals surface area (Å²) in [4.78, 5) is 11.9. The molecule has 3 rings (SSSR count). The highest BCUT2D eigenvalue weighted by atomic mass is 32.2. The highest BCUT2D eigenvalue weighted by Gasteiger charge is 2.29. The van der Waals surface area contributed by atoms with Crippen LogP contribution in [0.5, 0.6) is 0 Å². The highest BCUT2D eigenvalue weighted by molar-refractivity contribution is 7.89. The van der Waals surface area contributed by atoms with Gasteiger partial charge in [0.25, 0.3) is 0 Å². The van der Waals surface area contributed by atoms with E-state index in [1.54, 1.807) is 12.1 Å². The SMILES string of the molecule is O=C(O)C(CC1CCCC1)c1ccc(S(=O)(=O)N2CCOCC2)cc1. The Hall–Kier alpha value is -1.44. The van der Waals surface area contributed by atoms with Gasteiger partial charge in [-0.25, -0.2) is 8.42 Å². The lowest BCUT2D eigenvalue weighted by molar-refractivity contribution is -0.139. The van der Waals surface area contributed by atoms with E-state index in [9.17, 15) is 18.3 Å². The number of hydrogen-bond donors (Lipinski definition) is 1. The van der Waals surface area contributed by atoms with Crippen LogP contribution in [0.4, 0.5) is 0 Å². The minimum atomic E-state index is -3.54. The van der Waals surface area contributed by atoms with Crippen LogP contribution in [-0.4, -0.2) is 50.1 Å². The smallest absolute Gasteiger partial charge is 0.310 e. The van der Waals surface area contributed by atoms with Crippen molar-refractivity contribution in [1.29, 1.82) is 0 Å². The Morgan fingerprint density at radius 1 is 1.16 bits per heavy atom. The third-order valence-electron chi connectivity index (χ3n) is 5.23. The molecule has 7 heteroatoms. The van der Waals surface area contributed by atoms with Crippen molar-refractivity contribution in [2.24, 2.45) is 5.92 Å². The molecule has 1 aliphatic heterocycles. The first-order valence-electron chi connectivity index (χ1n) is 8.89. The maximum absolute atomic E-state index is 12.6. The summed E-state index contributed by atoms with van der Waals surface area (Å²) in [6.45, 7) is 1.51. The van der Waals surface area contributed by atoms with E-state index in [0.717, 1.165) is 12.8 Å². The number of carbonyl (C=O) groups is 1. The van der Waals surface area contributed by atoms with Gasteiger partial charge in [-0.05, 0) is 30.0 Å². The summed E-state index contributed by atoms with van der Waals surface area (Å²) < 4.78 is 31.9. The zero-order valence-corrected chi connectivity index (χ0v) is 15.1. The van der Waals surface area contributed by atoms with Gasteiger partial charge < -0.3 is 9.84 Å². The Labute approximate surface area is 148 Å². The molecule has 138 valence electrons. The van der Waals surface area contributed by atoms with E-state index in [1.807, 2.05) is 0 Å². The Morgan fingerprint density at radius 2 is 1.76 bits per heavy atom. The van der Waals surface area contributed by atoms with Crippen LogP contribution in [0.3, 0.4) is 0 Å². The van der Waals surface area contributed by atoms with Crippen LogP contribution >= 0.6 is 0 Å². The molecule has 2 fully saturated rings. The Kier molecular flexibility index (Phi) is 5.76. The maximum atomic E-state index is 12.6. The van der Waals surface area contributed by atoms with Crippen LogP contribution < -0.4 is 0 Å². The molecule has 25 heavy (non-hydrogen) atoms. The maximum Gasteiger partial charge on any atom is 0.310 e. The second-order valence-corrected chi connectivity index (χ2v) is 8.80. The van der Waals surface area contributed by atoms with E-state index in [-0.39, 0.29) is 4.90 Å². The first-order valence-corrected chi connectivity index (χ1v) is 10.3. The summed E-state index contributed by atoms with van der Waals surface area (Å²) in [6.07, 6.45) is 5.16. The van der Waals surface area contributed by atoms with E-state index >= 15 is 0 Å². The van der Waals surface area contributed by atoms with Gasteiger partial charge in [-0.3, -0.25) is 4.79 Å². The summed E-state index contributed by atoms with van der Waals surface area (Å²) in [5.74, 6) is -0.947. The van der Waals surface area contributed by atoms with Crippen molar-refractivity contribution in [2.75, 3.05) is 26.3 Å². The van der Waals surface area contributed by atoms with Gasteiger partial charge in [-0.1, -0.05) is 37.8 Å². The zero-order valence-electron chi connectivity index (χ0n) is 14.3. The summed E-state index contributed by atoms with van der Waals surface area (Å²) in [6, 6.07) is 6.37. The fourth-order valence-electron chi connectivity index (χ4n) is 3.77. The topological polar surface area (TPSA) is 83.9 Å². The van der Waals surface area contributed by atoms with Crippen molar-refractivity contribution in [3.63, 3.8) is 0 Å². The van der Waals surface area contributed by atoms with Crippen molar-refractivity contribution in [3.8, 4) is 0 Å². The molecule has 1 heterocycles. The molecule has 0 spiro atoms. The molecule has 1 atom stereocenters. The number of sulfonamides is 1. The fourth-order valence-corrected chi connectivity index (χ4v) is 5.17. The van der Waals surface area contributed by atoms with Gasteiger partial charge in [0.05, 0.1) is 24.0 Å². The predicted molar refractivity (Wildman–Crippen MR) is 93.0 cm³/mol. The largest absolute Gasteiger partial charge is 0.481 e. The Bertz CT molecular complexity index is 689. The Morgan fingerprint density at radius 3 is 2.32 bits per heavy atom. The molecule has 2 aliphatic rings. The second-order valence-electron chi connectivity index (χ2n) is 6.86. The zero-order chi connectivity index (χ0) is 17.9. The van der Waals surface area contributed by atoms with Gasteiger partial charge >= 0.3 is 5.97 Å². The molecular formula is C18H25NO5S. The first-order chi connectivity index (χ1) is 12.0. The highest BCUT2D eigenvalue weighted by Crippen LogP contribution is 2.34. The van der Waals surface area contributed by atoms with E-state index < -0.39 is 21.9 Å². The number of ether oxygens (including phenoxy) is 1. The molecule has 6 nitrogen and oxygen atoms in total. The summed E-state index contributed by atoms with van der Waals surface area (Å²) in [5, 5.41) is 9.58. The van der Waals surface area contributed by atoms with Gasteiger partial charge in [0, 0.05) is 13.1 Å². The molecule has 1 saturated carbocycles.